The highest BCUT2D eigenvalue weighted by Gasteiger charge is 2.31. The average Bonchev–Trinajstić information content (AvgIpc) is 3.08. The maximum atomic E-state index is 11.8. The summed E-state index contributed by atoms with van der Waals surface area (Å²) in [6.45, 7) is 4.18. The SMILES string of the molecule is CC1=C(CC(=O)NCCOCCNC(=O)CC2=C(C)C(=O)OC2=O)COC1=O. The molecule has 0 radical (unpaired) electrons. The van der Waals surface area contributed by atoms with Gasteiger partial charge in [-0.05, 0) is 19.4 Å². The quantitative estimate of drug-likeness (QED) is 0.282. The molecule has 0 aromatic carbocycles. The van der Waals surface area contributed by atoms with E-state index in [4.69, 9.17) is 9.47 Å². The molecule has 2 heterocycles. The van der Waals surface area contributed by atoms with Crippen molar-refractivity contribution in [2.24, 2.45) is 0 Å². The van der Waals surface area contributed by atoms with Gasteiger partial charge in [-0.25, -0.2) is 14.4 Å². The van der Waals surface area contributed by atoms with Crippen molar-refractivity contribution in [1.29, 1.82) is 0 Å². The molecule has 0 saturated carbocycles. The third-order valence-corrected chi connectivity index (χ3v) is 4.25. The van der Waals surface area contributed by atoms with Crippen LogP contribution in [-0.2, 0) is 38.2 Å². The van der Waals surface area contributed by atoms with Crippen molar-refractivity contribution in [1.82, 2.24) is 10.6 Å². The predicted molar refractivity (Wildman–Crippen MR) is 93.5 cm³/mol. The summed E-state index contributed by atoms with van der Waals surface area (Å²) in [5.41, 5.74) is 1.35. The molecule has 152 valence electrons. The van der Waals surface area contributed by atoms with Gasteiger partial charge in [-0.1, -0.05) is 0 Å². The van der Waals surface area contributed by atoms with Crippen LogP contribution in [0.4, 0.5) is 0 Å². The van der Waals surface area contributed by atoms with Crippen molar-refractivity contribution in [3.63, 3.8) is 0 Å². The van der Waals surface area contributed by atoms with Crippen molar-refractivity contribution in [2.45, 2.75) is 26.7 Å². The summed E-state index contributed by atoms with van der Waals surface area (Å²) in [6.07, 6.45) is -0.123. The van der Waals surface area contributed by atoms with Crippen molar-refractivity contribution >= 4 is 29.7 Å². The normalized spacial score (nSPS) is 16.4. The molecule has 0 aromatic heterocycles. The molecular weight excluding hydrogens is 372 g/mol. The largest absolute Gasteiger partial charge is 0.458 e. The van der Waals surface area contributed by atoms with E-state index in [0.717, 1.165) is 0 Å². The molecule has 0 unspecified atom stereocenters. The Morgan fingerprint density at radius 2 is 1.50 bits per heavy atom. The van der Waals surface area contributed by atoms with Gasteiger partial charge in [0.2, 0.25) is 11.8 Å². The smallest absolute Gasteiger partial charge is 0.342 e. The van der Waals surface area contributed by atoms with Gasteiger partial charge < -0.3 is 24.8 Å². The van der Waals surface area contributed by atoms with E-state index in [2.05, 4.69) is 15.4 Å². The highest BCUT2D eigenvalue weighted by Crippen LogP contribution is 2.19. The summed E-state index contributed by atoms with van der Waals surface area (Å²) < 4.78 is 14.5. The summed E-state index contributed by atoms with van der Waals surface area (Å²) in [4.78, 5) is 57.4. The Labute approximate surface area is 161 Å². The fraction of sp³-hybridized carbons (Fsp3) is 0.500. The first-order chi connectivity index (χ1) is 13.3. The van der Waals surface area contributed by atoms with E-state index >= 15 is 0 Å². The number of hydrogen-bond acceptors (Lipinski definition) is 8. The zero-order valence-corrected chi connectivity index (χ0v) is 15.7. The molecule has 0 aromatic rings. The van der Waals surface area contributed by atoms with E-state index in [9.17, 15) is 24.0 Å². The van der Waals surface area contributed by atoms with E-state index in [1.165, 1.54) is 6.92 Å². The third-order valence-electron chi connectivity index (χ3n) is 4.25. The number of nitrogens with one attached hydrogen (secondary N) is 2. The summed E-state index contributed by atoms with van der Waals surface area (Å²) in [7, 11) is 0. The topological polar surface area (TPSA) is 137 Å². The highest BCUT2D eigenvalue weighted by atomic mass is 16.6. The van der Waals surface area contributed by atoms with Crippen LogP contribution in [0.2, 0.25) is 0 Å². The van der Waals surface area contributed by atoms with Crippen LogP contribution in [0.5, 0.6) is 0 Å². The number of esters is 3. The molecule has 0 spiro atoms. The van der Waals surface area contributed by atoms with Gasteiger partial charge in [0.15, 0.2) is 0 Å². The molecule has 2 rings (SSSR count). The molecule has 10 heteroatoms. The van der Waals surface area contributed by atoms with Gasteiger partial charge in [-0.15, -0.1) is 0 Å². The maximum Gasteiger partial charge on any atom is 0.342 e. The van der Waals surface area contributed by atoms with Crippen LogP contribution < -0.4 is 10.6 Å². The van der Waals surface area contributed by atoms with Gasteiger partial charge >= 0.3 is 17.9 Å². The Kier molecular flexibility index (Phi) is 7.44. The van der Waals surface area contributed by atoms with Crippen molar-refractivity contribution in [3.05, 3.63) is 22.3 Å². The molecule has 28 heavy (non-hydrogen) atoms. The zero-order chi connectivity index (χ0) is 20.7. The number of hydrogen-bond donors (Lipinski definition) is 2. The fourth-order valence-corrected chi connectivity index (χ4v) is 2.51. The minimum atomic E-state index is -0.788. The lowest BCUT2D eigenvalue weighted by Crippen LogP contribution is -2.30. The molecule has 0 atom stereocenters. The van der Waals surface area contributed by atoms with E-state index in [0.29, 0.717) is 11.1 Å². The van der Waals surface area contributed by atoms with Crippen LogP contribution in [0, 0.1) is 0 Å². The van der Waals surface area contributed by atoms with Crippen LogP contribution in [0.15, 0.2) is 22.3 Å². The Bertz CT molecular complexity index is 766. The number of carbonyl (C=O) groups is 5. The van der Waals surface area contributed by atoms with Gasteiger partial charge in [-0.2, -0.15) is 0 Å². The van der Waals surface area contributed by atoms with Crippen LogP contribution >= 0.6 is 0 Å². The summed E-state index contributed by atoms with van der Waals surface area (Å²) in [5, 5.41) is 5.23. The van der Waals surface area contributed by atoms with Crippen molar-refractivity contribution in [3.8, 4) is 0 Å². The second-order valence-electron chi connectivity index (χ2n) is 6.25. The molecule has 0 saturated heterocycles. The second kappa shape index (κ2) is 9.79. The van der Waals surface area contributed by atoms with Crippen molar-refractivity contribution < 1.29 is 38.2 Å². The first-order valence-electron chi connectivity index (χ1n) is 8.72. The number of ether oxygens (including phenoxy) is 3. The van der Waals surface area contributed by atoms with Gasteiger partial charge in [0.05, 0.1) is 31.6 Å². The summed E-state index contributed by atoms with van der Waals surface area (Å²) in [6, 6.07) is 0. The highest BCUT2D eigenvalue weighted by molar-refractivity contribution is 6.13. The molecule has 0 bridgehead atoms. The lowest BCUT2D eigenvalue weighted by atomic mass is 10.1. The minimum absolute atomic E-state index is 0.0610. The van der Waals surface area contributed by atoms with Crippen LogP contribution in [0.1, 0.15) is 26.7 Å². The molecule has 2 amide bonds. The zero-order valence-electron chi connectivity index (χ0n) is 15.7. The third kappa shape index (κ3) is 5.74. The first kappa shape index (κ1) is 21.3. The Balaban J connectivity index is 1.53. The lowest BCUT2D eigenvalue weighted by molar-refractivity contribution is -0.151. The number of amides is 2. The Morgan fingerprint density at radius 3 is 2.00 bits per heavy atom. The predicted octanol–water partition coefficient (Wildman–Crippen LogP) is -0.711. The average molecular weight is 394 g/mol. The van der Waals surface area contributed by atoms with Gasteiger partial charge in [-0.3, -0.25) is 9.59 Å². The molecular formula is C18H22N2O8. The van der Waals surface area contributed by atoms with E-state index < -0.39 is 23.8 Å². The minimum Gasteiger partial charge on any atom is -0.458 e. The molecule has 2 aliphatic heterocycles. The molecule has 2 aliphatic rings. The summed E-state index contributed by atoms with van der Waals surface area (Å²) in [5.74, 6) is -2.56. The molecule has 2 N–H and O–H groups in total. The Hall–Kier alpha value is -3.01. The Morgan fingerprint density at radius 1 is 0.893 bits per heavy atom. The fourth-order valence-electron chi connectivity index (χ4n) is 2.51. The summed E-state index contributed by atoms with van der Waals surface area (Å²) >= 11 is 0. The van der Waals surface area contributed by atoms with Crippen molar-refractivity contribution in [2.75, 3.05) is 32.9 Å². The first-order valence-corrected chi connectivity index (χ1v) is 8.72. The van der Waals surface area contributed by atoms with Crippen LogP contribution in [0.25, 0.3) is 0 Å². The van der Waals surface area contributed by atoms with Gasteiger partial charge in [0.1, 0.15) is 6.61 Å². The number of rotatable bonds is 10. The van der Waals surface area contributed by atoms with Crippen LogP contribution in [0.3, 0.4) is 0 Å². The second-order valence-corrected chi connectivity index (χ2v) is 6.25. The monoisotopic (exact) mass is 394 g/mol. The lowest BCUT2D eigenvalue weighted by Gasteiger charge is -2.08. The molecule has 10 nitrogen and oxygen atoms in total. The number of cyclic esters (lactones) is 3. The van der Waals surface area contributed by atoms with E-state index in [1.54, 1.807) is 6.92 Å². The van der Waals surface area contributed by atoms with Gasteiger partial charge in [0.25, 0.3) is 0 Å². The van der Waals surface area contributed by atoms with Gasteiger partial charge in [0, 0.05) is 24.2 Å². The molecule has 0 fully saturated rings. The molecule has 0 aliphatic carbocycles. The maximum absolute atomic E-state index is 11.8. The number of carbonyl (C=O) groups excluding carboxylic acids is 5. The van der Waals surface area contributed by atoms with E-state index in [-0.39, 0.29) is 62.8 Å². The van der Waals surface area contributed by atoms with Crippen LogP contribution in [-0.4, -0.2) is 62.6 Å². The standard InChI is InChI=1S/C18H22N2O8/c1-10-12(9-27-16(10)23)7-14(21)19-3-5-26-6-4-20-15(22)8-13-11(2)17(24)28-18(13)25/h3-9H2,1-2H3,(H,19,21)(H,20,22). The van der Waals surface area contributed by atoms with E-state index in [1.807, 2.05) is 0 Å².